The minimum atomic E-state index is -0.721. The molecule has 35 heavy (non-hydrogen) atoms. The lowest BCUT2D eigenvalue weighted by Gasteiger charge is -2.29. The number of halogens is 2. The number of benzene rings is 3. The van der Waals surface area contributed by atoms with E-state index >= 15 is 0 Å². The van der Waals surface area contributed by atoms with Crippen molar-refractivity contribution < 1.29 is 23.5 Å². The van der Waals surface area contributed by atoms with Crippen molar-refractivity contribution in [1.82, 2.24) is 5.32 Å². The lowest BCUT2D eigenvalue weighted by molar-refractivity contribution is -0.122. The summed E-state index contributed by atoms with van der Waals surface area (Å²) in [5.74, 6) is -1.02. The van der Waals surface area contributed by atoms with Gasteiger partial charge < -0.3 is 9.47 Å². The second-order valence-corrected chi connectivity index (χ2v) is 9.10. The Hall–Kier alpha value is -3.31. The third kappa shape index (κ3) is 5.68. The number of nitrogens with zero attached hydrogens (tertiary/aromatic N) is 1. The van der Waals surface area contributed by atoms with Crippen LogP contribution in [0.3, 0.4) is 0 Å². The van der Waals surface area contributed by atoms with Crippen LogP contribution in [0.2, 0.25) is 0 Å². The monoisotopic (exact) mass is 602 g/mol. The van der Waals surface area contributed by atoms with Crippen LogP contribution in [0.25, 0.3) is 6.08 Å². The molecule has 4 rings (SSSR count). The molecule has 1 aliphatic rings. The lowest BCUT2D eigenvalue weighted by atomic mass is 10.1. The summed E-state index contributed by atoms with van der Waals surface area (Å²) in [6, 6.07) is 18.8. The summed E-state index contributed by atoms with van der Waals surface area (Å²) in [6.45, 7) is 2.60. The van der Waals surface area contributed by atoms with Crippen LogP contribution in [-0.4, -0.2) is 23.5 Å². The molecule has 3 aromatic rings. The van der Waals surface area contributed by atoms with Gasteiger partial charge in [-0.1, -0.05) is 30.3 Å². The van der Waals surface area contributed by atoms with E-state index in [-0.39, 0.29) is 16.4 Å². The first kappa shape index (κ1) is 24.8. The second kappa shape index (κ2) is 11.0. The summed E-state index contributed by atoms with van der Waals surface area (Å²) < 4.78 is 27.2. The third-order valence-corrected chi connectivity index (χ3v) is 6.09. The first-order valence-electron chi connectivity index (χ1n) is 10.7. The first-order valence-corrected chi connectivity index (χ1v) is 12.2. The number of anilines is 1. The quantitative estimate of drug-likeness (QED) is 0.174. The molecule has 0 atom stereocenters. The van der Waals surface area contributed by atoms with Crippen LogP contribution in [0.15, 0.2) is 72.3 Å². The molecular weight excluding hydrogens is 582 g/mol. The number of amides is 2. The predicted octanol–water partition coefficient (Wildman–Crippen LogP) is 5.24. The Morgan fingerprint density at radius 3 is 2.49 bits per heavy atom. The molecular formula is C26H20FIN2O4S. The van der Waals surface area contributed by atoms with Crippen molar-refractivity contribution in [2.45, 2.75) is 13.5 Å². The van der Waals surface area contributed by atoms with Crippen molar-refractivity contribution in [2.75, 3.05) is 11.5 Å². The first-order chi connectivity index (χ1) is 16.9. The van der Waals surface area contributed by atoms with Gasteiger partial charge in [-0.25, -0.2) is 9.29 Å². The highest BCUT2D eigenvalue weighted by Gasteiger charge is 2.35. The summed E-state index contributed by atoms with van der Waals surface area (Å²) in [5, 5.41) is 2.27. The van der Waals surface area contributed by atoms with Crippen LogP contribution in [0.1, 0.15) is 18.1 Å². The van der Waals surface area contributed by atoms with Crippen LogP contribution in [0.4, 0.5) is 10.1 Å². The molecule has 2 amide bonds. The number of hydrogen-bond donors (Lipinski definition) is 1. The highest BCUT2D eigenvalue weighted by Crippen LogP contribution is 2.31. The second-order valence-electron chi connectivity index (χ2n) is 7.46. The van der Waals surface area contributed by atoms with Crippen LogP contribution in [-0.2, 0) is 16.2 Å². The van der Waals surface area contributed by atoms with Crippen molar-refractivity contribution in [3.8, 4) is 11.5 Å². The van der Waals surface area contributed by atoms with Crippen molar-refractivity contribution in [3.63, 3.8) is 0 Å². The minimum Gasteiger partial charge on any atom is -0.490 e. The molecule has 0 aliphatic carbocycles. The number of nitrogens with one attached hydrogen (secondary N) is 1. The van der Waals surface area contributed by atoms with Gasteiger partial charge in [-0.3, -0.25) is 14.9 Å². The van der Waals surface area contributed by atoms with E-state index in [1.54, 1.807) is 24.3 Å². The van der Waals surface area contributed by atoms with Crippen molar-refractivity contribution in [2.24, 2.45) is 0 Å². The molecule has 0 spiro atoms. The van der Waals surface area contributed by atoms with E-state index in [1.807, 2.05) is 31.2 Å². The number of rotatable bonds is 7. The number of ether oxygens (including phenoxy) is 2. The fourth-order valence-corrected chi connectivity index (χ4v) is 4.05. The van der Waals surface area contributed by atoms with Crippen LogP contribution in [0, 0.1) is 9.39 Å². The molecule has 1 aliphatic heterocycles. The van der Waals surface area contributed by atoms with E-state index < -0.39 is 17.6 Å². The summed E-state index contributed by atoms with van der Waals surface area (Å²) in [6.07, 6.45) is 1.42. The molecule has 1 heterocycles. The Kier molecular flexibility index (Phi) is 7.76. The third-order valence-electron chi connectivity index (χ3n) is 5.08. The molecule has 0 radical (unpaired) electrons. The standard InChI is InChI=1S/C26H20FIN2O4S/c1-2-33-23-14-17(9-12-22(23)34-15-16-7-10-18(28)11-8-16)13-19-24(31)29-26(35)30(25(19)32)21-6-4-3-5-20(21)27/h3-14H,2,15H2,1H3,(H,29,31,35)/b19-13+. The molecule has 6 nitrogen and oxygen atoms in total. The summed E-state index contributed by atoms with van der Waals surface area (Å²) in [4.78, 5) is 26.7. The largest absolute Gasteiger partial charge is 0.490 e. The summed E-state index contributed by atoms with van der Waals surface area (Å²) in [5.41, 5.74) is 1.32. The molecule has 3 aromatic carbocycles. The Bertz CT molecular complexity index is 1330. The summed E-state index contributed by atoms with van der Waals surface area (Å²) in [7, 11) is 0. The zero-order valence-corrected chi connectivity index (χ0v) is 21.6. The van der Waals surface area contributed by atoms with E-state index in [1.165, 1.54) is 24.3 Å². The Morgan fingerprint density at radius 1 is 1.03 bits per heavy atom. The Labute approximate surface area is 220 Å². The van der Waals surface area contributed by atoms with Crippen LogP contribution >= 0.6 is 34.8 Å². The average Bonchev–Trinajstić information content (AvgIpc) is 2.83. The normalized spacial score (nSPS) is 14.8. The van der Waals surface area contributed by atoms with Gasteiger partial charge in [0.25, 0.3) is 11.8 Å². The molecule has 1 fully saturated rings. The van der Waals surface area contributed by atoms with Gasteiger partial charge in [0, 0.05) is 3.57 Å². The van der Waals surface area contributed by atoms with Crippen LogP contribution < -0.4 is 19.7 Å². The minimum absolute atomic E-state index is 0.0391. The number of carbonyl (C=O) groups is 2. The van der Waals surface area contributed by atoms with Gasteiger partial charge in [0.05, 0.1) is 12.3 Å². The van der Waals surface area contributed by atoms with Gasteiger partial charge in [0.2, 0.25) is 0 Å². The van der Waals surface area contributed by atoms with Gasteiger partial charge in [0.1, 0.15) is 18.0 Å². The van der Waals surface area contributed by atoms with Crippen molar-refractivity contribution in [3.05, 3.63) is 92.8 Å². The van der Waals surface area contributed by atoms with E-state index in [2.05, 4.69) is 27.9 Å². The highest BCUT2D eigenvalue weighted by atomic mass is 127. The smallest absolute Gasteiger partial charge is 0.270 e. The van der Waals surface area contributed by atoms with Gasteiger partial charge >= 0.3 is 0 Å². The molecule has 0 saturated carbocycles. The highest BCUT2D eigenvalue weighted by molar-refractivity contribution is 14.1. The Morgan fingerprint density at radius 2 is 1.77 bits per heavy atom. The van der Waals surface area contributed by atoms with E-state index in [4.69, 9.17) is 21.7 Å². The van der Waals surface area contributed by atoms with Gasteiger partial charge in [-0.15, -0.1) is 0 Å². The van der Waals surface area contributed by atoms with Gasteiger partial charge in [-0.05, 0) is 95.3 Å². The van der Waals surface area contributed by atoms with Crippen molar-refractivity contribution in [1.29, 1.82) is 0 Å². The Balaban J connectivity index is 1.61. The van der Waals surface area contributed by atoms with Gasteiger partial charge in [-0.2, -0.15) is 0 Å². The maximum atomic E-state index is 14.4. The molecule has 0 bridgehead atoms. The number of para-hydroxylation sites is 1. The lowest BCUT2D eigenvalue weighted by Crippen LogP contribution is -2.54. The summed E-state index contributed by atoms with van der Waals surface area (Å²) >= 11 is 7.37. The number of hydrogen-bond acceptors (Lipinski definition) is 5. The predicted molar refractivity (Wildman–Crippen MR) is 144 cm³/mol. The van der Waals surface area contributed by atoms with E-state index in [0.29, 0.717) is 30.3 Å². The molecule has 9 heteroatoms. The maximum absolute atomic E-state index is 14.4. The maximum Gasteiger partial charge on any atom is 0.270 e. The fourth-order valence-electron chi connectivity index (χ4n) is 3.42. The number of thiocarbonyl (C=S) groups is 1. The average molecular weight is 602 g/mol. The fraction of sp³-hybridized carbons (Fsp3) is 0.115. The van der Waals surface area contributed by atoms with Crippen molar-refractivity contribution >= 4 is 63.5 Å². The zero-order chi connectivity index (χ0) is 24.9. The molecule has 0 aromatic heterocycles. The van der Waals surface area contributed by atoms with Crippen LogP contribution in [0.5, 0.6) is 11.5 Å². The molecule has 1 saturated heterocycles. The van der Waals surface area contributed by atoms with E-state index in [9.17, 15) is 14.0 Å². The van der Waals surface area contributed by atoms with E-state index in [0.717, 1.165) is 14.0 Å². The number of carbonyl (C=O) groups excluding carboxylic acids is 2. The molecule has 1 N–H and O–H groups in total. The molecule has 0 unspecified atom stereocenters. The molecule has 178 valence electrons. The van der Waals surface area contributed by atoms with Gasteiger partial charge in [0.15, 0.2) is 16.6 Å². The zero-order valence-electron chi connectivity index (χ0n) is 18.6. The SMILES string of the molecule is CCOc1cc(/C=C2\C(=O)NC(=S)N(c3ccccc3F)C2=O)ccc1OCc1ccc(I)cc1. The topological polar surface area (TPSA) is 67.9 Å².